The Balaban J connectivity index is 1.28. The molecular weight excluding hydrogens is 370 g/mol. The summed E-state index contributed by atoms with van der Waals surface area (Å²) in [6.45, 7) is 9.20. The smallest absolute Gasteiger partial charge is 0.274 e. The predicted octanol–water partition coefficient (Wildman–Crippen LogP) is 2.23. The standard InChI is InChI=1S/C21H27N5O3/c1-15(2)12-22-20-6-4-17(23-24-20)21(27)26-9-7-25(8-10-26)13-16-3-5-18-19(11-16)29-14-28-18/h3-6,11,15H,7-10,12-14H2,1-2H3,(H,22,24). The molecule has 2 aromatic rings. The van der Waals surface area contributed by atoms with Gasteiger partial charge in [-0.05, 0) is 35.7 Å². The van der Waals surface area contributed by atoms with Gasteiger partial charge in [-0.2, -0.15) is 0 Å². The van der Waals surface area contributed by atoms with Crippen LogP contribution in [0.3, 0.4) is 0 Å². The van der Waals surface area contributed by atoms with Crippen LogP contribution >= 0.6 is 0 Å². The second-order valence-corrected chi connectivity index (χ2v) is 7.83. The number of nitrogens with zero attached hydrogens (tertiary/aromatic N) is 4. The summed E-state index contributed by atoms with van der Waals surface area (Å²) in [7, 11) is 0. The summed E-state index contributed by atoms with van der Waals surface area (Å²) in [5.74, 6) is 2.77. The van der Waals surface area contributed by atoms with Crippen LogP contribution in [0, 0.1) is 5.92 Å². The van der Waals surface area contributed by atoms with Crippen molar-refractivity contribution in [2.24, 2.45) is 5.92 Å². The Hall–Kier alpha value is -2.87. The fraction of sp³-hybridized carbons (Fsp3) is 0.476. The van der Waals surface area contributed by atoms with E-state index in [-0.39, 0.29) is 12.7 Å². The first-order chi connectivity index (χ1) is 14.1. The number of carbonyl (C=O) groups is 1. The lowest BCUT2D eigenvalue weighted by atomic mass is 10.1. The minimum absolute atomic E-state index is 0.0596. The molecule has 2 aliphatic heterocycles. The van der Waals surface area contributed by atoms with Crippen LogP contribution in [0.1, 0.15) is 29.9 Å². The third-order valence-electron chi connectivity index (χ3n) is 5.08. The number of benzene rings is 1. The average Bonchev–Trinajstić information content (AvgIpc) is 3.20. The van der Waals surface area contributed by atoms with Gasteiger partial charge in [0.1, 0.15) is 5.82 Å². The van der Waals surface area contributed by atoms with Crippen LogP contribution in [-0.2, 0) is 6.54 Å². The van der Waals surface area contributed by atoms with Crippen LogP contribution in [0.15, 0.2) is 30.3 Å². The molecule has 0 bridgehead atoms. The summed E-state index contributed by atoms with van der Waals surface area (Å²) >= 11 is 0. The zero-order chi connectivity index (χ0) is 20.2. The maximum Gasteiger partial charge on any atom is 0.274 e. The zero-order valence-corrected chi connectivity index (χ0v) is 16.9. The number of ether oxygens (including phenoxy) is 2. The van der Waals surface area contributed by atoms with Crippen LogP contribution in [-0.4, -0.2) is 65.4 Å². The van der Waals surface area contributed by atoms with Gasteiger partial charge in [0.05, 0.1) is 0 Å². The van der Waals surface area contributed by atoms with Gasteiger partial charge in [-0.25, -0.2) is 0 Å². The molecule has 1 saturated heterocycles. The van der Waals surface area contributed by atoms with Crippen molar-refractivity contribution >= 4 is 11.7 Å². The van der Waals surface area contributed by atoms with Crippen LogP contribution in [0.2, 0.25) is 0 Å². The van der Waals surface area contributed by atoms with E-state index in [2.05, 4.69) is 40.3 Å². The lowest BCUT2D eigenvalue weighted by molar-refractivity contribution is 0.0621. The summed E-state index contributed by atoms with van der Waals surface area (Å²) in [5, 5.41) is 11.4. The third-order valence-corrected chi connectivity index (χ3v) is 5.08. The van der Waals surface area contributed by atoms with Gasteiger partial charge in [-0.3, -0.25) is 9.69 Å². The van der Waals surface area contributed by atoms with E-state index in [9.17, 15) is 4.79 Å². The summed E-state index contributed by atoms with van der Waals surface area (Å²) in [6.07, 6.45) is 0. The molecule has 1 aromatic carbocycles. The lowest BCUT2D eigenvalue weighted by Crippen LogP contribution is -2.48. The van der Waals surface area contributed by atoms with E-state index in [0.717, 1.165) is 37.7 Å². The first-order valence-corrected chi connectivity index (χ1v) is 10.1. The number of rotatable bonds is 6. The summed E-state index contributed by atoms with van der Waals surface area (Å²) in [4.78, 5) is 16.9. The molecule has 0 spiro atoms. The summed E-state index contributed by atoms with van der Waals surface area (Å²) in [6, 6.07) is 9.62. The Labute approximate surface area is 170 Å². The monoisotopic (exact) mass is 397 g/mol. The van der Waals surface area contributed by atoms with Crippen LogP contribution in [0.5, 0.6) is 11.5 Å². The molecular formula is C21H27N5O3. The molecule has 0 saturated carbocycles. The molecule has 1 N–H and O–H groups in total. The molecule has 1 fully saturated rings. The van der Waals surface area contributed by atoms with Crippen LogP contribution in [0.4, 0.5) is 5.82 Å². The van der Waals surface area contributed by atoms with Gasteiger partial charge in [0.2, 0.25) is 6.79 Å². The number of anilines is 1. The molecule has 8 nitrogen and oxygen atoms in total. The Morgan fingerprint density at radius 2 is 1.86 bits per heavy atom. The second kappa shape index (κ2) is 8.65. The average molecular weight is 397 g/mol. The summed E-state index contributed by atoms with van der Waals surface area (Å²) < 4.78 is 10.8. The van der Waals surface area contributed by atoms with Crippen molar-refractivity contribution in [3.8, 4) is 11.5 Å². The first-order valence-electron chi connectivity index (χ1n) is 10.1. The molecule has 1 aromatic heterocycles. The minimum Gasteiger partial charge on any atom is -0.454 e. The zero-order valence-electron chi connectivity index (χ0n) is 16.9. The highest BCUT2D eigenvalue weighted by Crippen LogP contribution is 2.32. The Morgan fingerprint density at radius 3 is 2.59 bits per heavy atom. The van der Waals surface area contributed by atoms with Gasteiger partial charge in [-0.1, -0.05) is 19.9 Å². The maximum absolute atomic E-state index is 12.7. The fourth-order valence-corrected chi connectivity index (χ4v) is 3.42. The Bertz CT molecular complexity index is 848. The molecule has 29 heavy (non-hydrogen) atoms. The van der Waals surface area contributed by atoms with Crippen molar-refractivity contribution in [3.05, 3.63) is 41.6 Å². The third kappa shape index (κ3) is 4.76. The highest BCUT2D eigenvalue weighted by molar-refractivity contribution is 5.92. The number of aromatic nitrogens is 2. The number of hydrogen-bond donors (Lipinski definition) is 1. The van der Waals surface area contributed by atoms with Crippen molar-refractivity contribution in [2.75, 3.05) is 44.8 Å². The molecule has 0 radical (unpaired) electrons. The molecule has 8 heteroatoms. The normalized spacial score (nSPS) is 16.3. The van der Waals surface area contributed by atoms with E-state index in [1.165, 1.54) is 5.56 Å². The van der Waals surface area contributed by atoms with E-state index >= 15 is 0 Å². The molecule has 4 rings (SSSR count). The highest BCUT2D eigenvalue weighted by Gasteiger charge is 2.24. The van der Waals surface area contributed by atoms with Crippen molar-refractivity contribution in [1.29, 1.82) is 0 Å². The maximum atomic E-state index is 12.7. The Morgan fingerprint density at radius 1 is 1.07 bits per heavy atom. The quantitative estimate of drug-likeness (QED) is 0.801. The van der Waals surface area contributed by atoms with Gasteiger partial charge in [0.25, 0.3) is 5.91 Å². The number of nitrogens with one attached hydrogen (secondary N) is 1. The number of amides is 1. The van der Waals surface area contributed by atoms with Crippen molar-refractivity contribution < 1.29 is 14.3 Å². The fourth-order valence-electron chi connectivity index (χ4n) is 3.42. The molecule has 2 aliphatic rings. The SMILES string of the molecule is CC(C)CNc1ccc(C(=O)N2CCN(Cc3ccc4c(c3)OCO4)CC2)nn1. The number of hydrogen-bond acceptors (Lipinski definition) is 7. The van der Waals surface area contributed by atoms with Crippen LogP contribution < -0.4 is 14.8 Å². The second-order valence-electron chi connectivity index (χ2n) is 7.83. The van der Waals surface area contributed by atoms with E-state index in [1.807, 2.05) is 23.1 Å². The molecule has 0 atom stereocenters. The summed E-state index contributed by atoms with van der Waals surface area (Å²) in [5.41, 5.74) is 1.58. The Kier molecular flexibility index (Phi) is 5.80. The van der Waals surface area contributed by atoms with Gasteiger partial charge >= 0.3 is 0 Å². The van der Waals surface area contributed by atoms with Crippen molar-refractivity contribution in [3.63, 3.8) is 0 Å². The van der Waals surface area contributed by atoms with E-state index < -0.39 is 0 Å². The lowest BCUT2D eigenvalue weighted by Gasteiger charge is -2.34. The van der Waals surface area contributed by atoms with Gasteiger partial charge in [-0.15, -0.1) is 10.2 Å². The van der Waals surface area contributed by atoms with E-state index in [4.69, 9.17) is 9.47 Å². The number of piperazine rings is 1. The van der Waals surface area contributed by atoms with Gasteiger partial charge in [0, 0.05) is 39.3 Å². The number of carbonyl (C=O) groups excluding carboxylic acids is 1. The first kappa shape index (κ1) is 19.4. The molecule has 0 unspecified atom stereocenters. The molecule has 154 valence electrons. The van der Waals surface area contributed by atoms with E-state index in [1.54, 1.807) is 6.07 Å². The van der Waals surface area contributed by atoms with Crippen LogP contribution in [0.25, 0.3) is 0 Å². The molecule has 1 amide bonds. The number of fused-ring (bicyclic) bond motifs is 1. The highest BCUT2D eigenvalue weighted by atomic mass is 16.7. The predicted molar refractivity (Wildman–Crippen MR) is 109 cm³/mol. The molecule has 3 heterocycles. The van der Waals surface area contributed by atoms with Gasteiger partial charge in [0.15, 0.2) is 17.2 Å². The minimum atomic E-state index is -0.0596. The molecule has 0 aliphatic carbocycles. The van der Waals surface area contributed by atoms with Gasteiger partial charge < -0.3 is 19.7 Å². The van der Waals surface area contributed by atoms with Crippen molar-refractivity contribution in [2.45, 2.75) is 20.4 Å². The largest absolute Gasteiger partial charge is 0.454 e. The van der Waals surface area contributed by atoms with Crippen molar-refractivity contribution in [1.82, 2.24) is 20.0 Å². The topological polar surface area (TPSA) is 79.8 Å². The van der Waals surface area contributed by atoms with E-state index in [0.29, 0.717) is 30.5 Å².